The average molecular weight is 431 g/mol. The van der Waals surface area contributed by atoms with Gasteiger partial charge in [-0.1, -0.05) is 25.6 Å². The molecule has 30 heavy (non-hydrogen) atoms. The number of thioether (sulfide) groups is 1. The van der Waals surface area contributed by atoms with E-state index in [1.165, 1.54) is 37.1 Å². The number of carbonyl (C=O) groups is 1. The molecule has 0 saturated heterocycles. The molecule has 0 fully saturated rings. The molecule has 0 spiro atoms. The zero-order chi connectivity index (χ0) is 21.7. The van der Waals surface area contributed by atoms with E-state index in [1.807, 2.05) is 10.6 Å². The van der Waals surface area contributed by atoms with Crippen molar-refractivity contribution in [2.75, 3.05) is 18.2 Å². The van der Waals surface area contributed by atoms with Crippen molar-refractivity contribution in [1.82, 2.24) is 14.8 Å². The van der Waals surface area contributed by atoms with Gasteiger partial charge in [-0.3, -0.25) is 19.5 Å². The molecule has 0 saturated carbocycles. The standard InChI is InChI=1S/C19H21N5O5S/c1-12(2)10-23-18(15-5-4-8-29-15)21-22-19(23)30-11-17(25)20-14-7-6-13(24(26)27)9-16(14)28-3/h4-9,12H,10-11H2,1-3H3,(H,20,25). The minimum absolute atomic E-state index is 0.0779. The Morgan fingerprint density at radius 3 is 2.80 bits per heavy atom. The van der Waals surface area contributed by atoms with Gasteiger partial charge in [0.2, 0.25) is 5.91 Å². The normalized spacial score (nSPS) is 10.9. The first kappa shape index (κ1) is 21.4. The first-order valence-corrected chi connectivity index (χ1v) is 10.1. The van der Waals surface area contributed by atoms with E-state index >= 15 is 0 Å². The Morgan fingerprint density at radius 1 is 1.37 bits per heavy atom. The van der Waals surface area contributed by atoms with Crippen LogP contribution < -0.4 is 10.1 Å². The summed E-state index contributed by atoms with van der Waals surface area (Å²) in [7, 11) is 1.38. The first-order valence-electron chi connectivity index (χ1n) is 9.11. The van der Waals surface area contributed by atoms with E-state index < -0.39 is 4.92 Å². The Labute approximate surface area is 176 Å². The Morgan fingerprint density at radius 2 is 2.17 bits per heavy atom. The molecular formula is C19H21N5O5S. The van der Waals surface area contributed by atoms with E-state index in [4.69, 9.17) is 9.15 Å². The van der Waals surface area contributed by atoms with Crippen LogP contribution in [0.25, 0.3) is 11.6 Å². The zero-order valence-corrected chi connectivity index (χ0v) is 17.5. The molecule has 1 aromatic carbocycles. The minimum atomic E-state index is -0.526. The van der Waals surface area contributed by atoms with Gasteiger partial charge in [-0.15, -0.1) is 10.2 Å². The maximum atomic E-state index is 12.4. The van der Waals surface area contributed by atoms with Crippen LogP contribution in [0.15, 0.2) is 46.2 Å². The van der Waals surface area contributed by atoms with E-state index in [2.05, 4.69) is 29.4 Å². The molecule has 0 unspecified atom stereocenters. The average Bonchev–Trinajstić information content (AvgIpc) is 3.36. The SMILES string of the molecule is COc1cc([N+](=O)[O-])ccc1NC(=O)CSc1nnc(-c2ccco2)n1CC(C)C. The third-order valence-corrected chi connectivity index (χ3v) is 4.98. The number of anilines is 1. The van der Waals surface area contributed by atoms with Gasteiger partial charge < -0.3 is 14.5 Å². The number of non-ortho nitro benzene ring substituents is 1. The van der Waals surface area contributed by atoms with Crippen LogP contribution in [0.1, 0.15) is 13.8 Å². The quantitative estimate of drug-likeness (QED) is 0.308. The largest absolute Gasteiger partial charge is 0.494 e. The number of aromatic nitrogens is 3. The number of nitro groups is 1. The van der Waals surface area contributed by atoms with E-state index in [9.17, 15) is 14.9 Å². The van der Waals surface area contributed by atoms with Crippen LogP contribution in [0, 0.1) is 16.0 Å². The van der Waals surface area contributed by atoms with Gasteiger partial charge >= 0.3 is 0 Å². The molecule has 1 amide bonds. The van der Waals surface area contributed by atoms with Crippen molar-refractivity contribution in [2.24, 2.45) is 5.92 Å². The summed E-state index contributed by atoms with van der Waals surface area (Å²) < 4.78 is 12.5. The number of nitrogens with zero attached hydrogens (tertiary/aromatic N) is 4. The molecule has 3 aromatic rings. The maximum absolute atomic E-state index is 12.4. The van der Waals surface area contributed by atoms with Crippen molar-refractivity contribution in [3.8, 4) is 17.3 Å². The van der Waals surface area contributed by atoms with Crippen molar-refractivity contribution in [3.05, 3.63) is 46.7 Å². The second-order valence-electron chi connectivity index (χ2n) is 6.77. The lowest BCUT2D eigenvalue weighted by atomic mass is 10.2. The minimum Gasteiger partial charge on any atom is -0.494 e. The number of nitro benzene ring substituents is 1. The molecule has 0 atom stereocenters. The Bertz CT molecular complexity index is 1030. The predicted molar refractivity (Wildman–Crippen MR) is 112 cm³/mol. The molecule has 11 heteroatoms. The van der Waals surface area contributed by atoms with Gasteiger partial charge in [0.05, 0.1) is 35.8 Å². The van der Waals surface area contributed by atoms with Crippen LogP contribution in [0.2, 0.25) is 0 Å². The molecule has 0 aliphatic heterocycles. The highest BCUT2D eigenvalue weighted by atomic mass is 32.2. The molecular weight excluding hydrogens is 410 g/mol. The number of carbonyl (C=O) groups excluding carboxylic acids is 1. The lowest BCUT2D eigenvalue weighted by molar-refractivity contribution is -0.384. The predicted octanol–water partition coefficient (Wildman–Crippen LogP) is 3.84. The molecule has 10 nitrogen and oxygen atoms in total. The van der Waals surface area contributed by atoms with Crippen LogP contribution in [0.5, 0.6) is 5.75 Å². The van der Waals surface area contributed by atoms with Gasteiger partial charge in [0.1, 0.15) is 5.75 Å². The van der Waals surface area contributed by atoms with Gasteiger partial charge in [0.25, 0.3) is 5.69 Å². The Hall–Kier alpha value is -3.34. The zero-order valence-electron chi connectivity index (χ0n) is 16.7. The molecule has 3 rings (SSSR count). The fourth-order valence-electron chi connectivity index (χ4n) is 2.73. The number of amides is 1. The van der Waals surface area contributed by atoms with Crippen molar-refractivity contribution >= 4 is 29.0 Å². The highest BCUT2D eigenvalue weighted by Gasteiger charge is 2.19. The number of rotatable bonds is 9. The Kier molecular flexibility index (Phi) is 6.72. The number of hydrogen-bond acceptors (Lipinski definition) is 8. The summed E-state index contributed by atoms with van der Waals surface area (Å²) in [5, 5.41) is 22.6. The number of hydrogen-bond donors (Lipinski definition) is 1. The number of methoxy groups -OCH3 is 1. The molecule has 1 N–H and O–H groups in total. The second kappa shape index (κ2) is 9.44. The van der Waals surface area contributed by atoms with E-state index in [0.29, 0.717) is 34.9 Å². The van der Waals surface area contributed by atoms with Crippen LogP contribution in [-0.2, 0) is 11.3 Å². The summed E-state index contributed by atoms with van der Waals surface area (Å²) in [6, 6.07) is 7.60. The monoisotopic (exact) mass is 431 g/mol. The summed E-state index contributed by atoms with van der Waals surface area (Å²) in [6.45, 7) is 4.82. The van der Waals surface area contributed by atoms with E-state index in [-0.39, 0.29) is 23.1 Å². The fourth-order valence-corrected chi connectivity index (χ4v) is 3.47. The number of ether oxygens (including phenoxy) is 1. The smallest absolute Gasteiger partial charge is 0.273 e. The number of benzene rings is 1. The van der Waals surface area contributed by atoms with Crippen molar-refractivity contribution in [1.29, 1.82) is 0 Å². The molecule has 0 bridgehead atoms. The molecule has 2 heterocycles. The maximum Gasteiger partial charge on any atom is 0.273 e. The second-order valence-corrected chi connectivity index (χ2v) is 7.71. The molecule has 2 aromatic heterocycles. The third kappa shape index (κ3) is 4.98. The van der Waals surface area contributed by atoms with E-state index in [0.717, 1.165) is 0 Å². The summed E-state index contributed by atoms with van der Waals surface area (Å²) >= 11 is 1.24. The molecule has 0 aliphatic carbocycles. The van der Waals surface area contributed by atoms with Crippen LogP contribution in [-0.4, -0.2) is 38.5 Å². The number of nitrogens with one attached hydrogen (secondary N) is 1. The topological polar surface area (TPSA) is 125 Å². The first-order chi connectivity index (χ1) is 14.4. The van der Waals surface area contributed by atoms with E-state index in [1.54, 1.807) is 12.3 Å². The highest BCUT2D eigenvalue weighted by Crippen LogP contribution is 2.30. The number of furan rings is 1. The van der Waals surface area contributed by atoms with Gasteiger partial charge in [-0.2, -0.15) is 0 Å². The van der Waals surface area contributed by atoms with Gasteiger partial charge in [0.15, 0.2) is 16.7 Å². The van der Waals surface area contributed by atoms with Crippen molar-refractivity contribution in [3.63, 3.8) is 0 Å². The molecule has 158 valence electrons. The third-order valence-electron chi connectivity index (χ3n) is 4.01. The van der Waals surface area contributed by atoms with Crippen LogP contribution in [0.4, 0.5) is 11.4 Å². The molecule has 0 radical (unpaired) electrons. The summed E-state index contributed by atoms with van der Waals surface area (Å²) in [6.07, 6.45) is 1.57. The van der Waals surface area contributed by atoms with Crippen LogP contribution >= 0.6 is 11.8 Å². The fraction of sp³-hybridized carbons (Fsp3) is 0.316. The summed E-state index contributed by atoms with van der Waals surface area (Å²) in [4.78, 5) is 22.8. The molecule has 0 aliphatic rings. The Balaban J connectivity index is 1.71. The highest BCUT2D eigenvalue weighted by molar-refractivity contribution is 7.99. The van der Waals surface area contributed by atoms with Crippen LogP contribution in [0.3, 0.4) is 0 Å². The van der Waals surface area contributed by atoms with Gasteiger partial charge in [-0.05, 0) is 24.1 Å². The lowest BCUT2D eigenvalue weighted by Gasteiger charge is -2.12. The van der Waals surface area contributed by atoms with Crippen molar-refractivity contribution in [2.45, 2.75) is 25.5 Å². The lowest BCUT2D eigenvalue weighted by Crippen LogP contribution is -2.16. The summed E-state index contributed by atoms with van der Waals surface area (Å²) in [5.41, 5.74) is 0.236. The van der Waals surface area contributed by atoms with Gasteiger partial charge in [-0.25, -0.2) is 0 Å². The summed E-state index contributed by atoms with van der Waals surface area (Å²) in [5.74, 6) is 1.54. The van der Waals surface area contributed by atoms with Crippen molar-refractivity contribution < 1.29 is 18.9 Å². The van der Waals surface area contributed by atoms with Gasteiger partial charge in [0, 0.05) is 12.6 Å².